The van der Waals surface area contributed by atoms with Crippen LogP contribution >= 0.6 is 0 Å². The first-order chi connectivity index (χ1) is 9.57. The summed E-state index contributed by atoms with van der Waals surface area (Å²) >= 11 is 0. The number of hydrogen-bond acceptors (Lipinski definition) is 3. The molecule has 4 nitrogen and oxygen atoms in total. The highest BCUT2D eigenvalue weighted by molar-refractivity contribution is 7.89. The number of hydrogen-bond donors (Lipinski definition) is 1. The van der Waals surface area contributed by atoms with Gasteiger partial charge in [-0.15, -0.1) is 0 Å². The number of benzene rings is 1. The Hall–Kier alpha value is -0.910. The summed E-state index contributed by atoms with van der Waals surface area (Å²) in [4.78, 5) is 0.407. The van der Waals surface area contributed by atoms with Gasteiger partial charge in [0, 0.05) is 25.7 Å². The molecule has 0 aromatic heterocycles. The minimum absolute atomic E-state index is 0.0621. The molecule has 5 heteroatoms. The van der Waals surface area contributed by atoms with Crippen LogP contribution in [0.4, 0.5) is 0 Å². The van der Waals surface area contributed by atoms with Crippen LogP contribution in [-0.4, -0.2) is 31.9 Å². The van der Waals surface area contributed by atoms with E-state index in [1.54, 1.807) is 7.05 Å². The molecule has 0 atom stereocenters. The molecule has 0 spiro atoms. The van der Waals surface area contributed by atoms with E-state index in [0.29, 0.717) is 17.5 Å². The van der Waals surface area contributed by atoms with Crippen molar-refractivity contribution >= 4 is 10.0 Å². The lowest BCUT2D eigenvalue weighted by Crippen LogP contribution is -2.33. The average molecular weight is 312 g/mol. The standard InChI is InChI=1S/C16H28N2O2S/c1-11(2)17-10-15-9-16(14(6)8-13(15)5)21(19,20)18(7)12(3)4/h8-9,11-12,17H,10H2,1-7H3. The van der Waals surface area contributed by atoms with Crippen molar-refractivity contribution in [3.8, 4) is 0 Å². The topological polar surface area (TPSA) is 49.4 Å². The Kier molecular flexibility index (Phi) is 5.96. The van der Waals surface area contributed by atoms with E-state index in [2.05, 4.69) is 19.2 Å². The maximum atomic E-state index is 12.7. The predicted octanol–water partition coefficient (Wildman–Crippen LogP) is 2.83. The minimum Gasteiger partial charge on any atom is -0.310 e. The maximum Gasteiger partial charge on any atom is 0.243 e. The fourth-order valence-electron chi connectivity index (χ4n) is 2.09. The molecule has 1 aromatic rings. The normalized spacial score (nSPS) is 12.7. The van der Waals surface area contributed by atoms with Gasteiger partial charge in [0.25, 0.3) is 0 Å². The zero-order valence-electron chi connectivity index (χ0n) is 14.2. The molecule has 21 heavy (non-hydrogen) atoms. The summed E-state index contributed by atoms with van der Waals surface area (Å²) in [7, 11) is -1.81. The van der Waals surface area contributed by atoms with E-state index >= 15 is 0 Å². The largest absolute Gasteiger partial charge is 0.310 e. The zero-order chi connectivity index (χ0) is 16.4. The summed E-state index contributed by atoms with van der Waals surface area (Å²) in [5, 5.41) is 3.34. The van der Waals surface area contributed by atoms with Gasteiger partial charge in [-0.2, -0.15) is 4.31 Å². The molecule has 0 bridgehead atoms. The van der Waals surface area contributed by atoms with Gasteiger partial charge in [-0.05, 0) is 50.5 Å². The fourth-order valence-corrected chi connectivity index (χ4v) is 3.71. The first-order valence-corrected chi connectivity index (χ1v) is 8.83. The molecule has 0 radical (unpaired) electrons. The highest BCUT2D eigenvalue weighted by Gasteiger charge is 2.25. The summed E-state index contributed by atoms with van der Waals surface area (Å²) in [5.41, 5.74) is 2.95. The number of aryl methyl sites for hydroxylation is 2. The van der Waals surface area contributed by atoms with E-state index in [4.69, 9.17) is 0 Å². The van der Waals surface area contributed by atoms with Crippen LogP contribution in [0.5, 0.6) is 0 Å². The first-order valence-electron chi connectivity index (χ1n) is 7.39. The van der Waals surface area contributed by atoms with Crippen LogP contribution in [0.1, 0.15) is 44.4 Å². The van der Waals surface area contributed by atoms with Crippen LogP contribution in [0.15, 0.2) is 17.0 Å². The summed E-state index contributed by atoms with van der Waals surface area (Å²) < 4.78 is 26.8. The van der Waals surface area contributed by atoms with E-state index in [1.807, 2.05) is 39.8 Å². The molecule has 0 fully saturated rings. The Morgan fingerprint density at radius 3 is 2.14 bits per heavy atom. The zero-order valence-corrected chi connectivity index (χ0v) is 15.0. The molecule has 1 N–H and O–H groups in total. The average Bonchev–Trinajstić information content (AvgIpc) is 2.35. The highest BCUT2D eigenvalue weighted by atomic mass is 32.2. The maximum absolute atomic E-state index is 12.7. The SMILES string of the molecule is Cc1cc(C)c(S(=O)(=O)N(C)C(C)C)cc1CNC(C)C. The lowest BCUT2D eigenvalue weighted by molar-refractivity contribution is 0.410. The molecule has 0 aliphatic rings. The second-order valence-corrected chi connectivity index (χ2v) is 8.16. The van der Waals surface area contributed by atoms with Gasteiger partial charge in [0.15, 0.2) is 0 Å². The van der Waals surface area contributed by atoms with Crippen molar-refractivity contribution < 1.29 is 8.42 Å². The van der Waals surface area contributed by atoms with Crippen molar-refractivity contribution in [2.24, 2.45) is 0 Å². The molecular weight excluding hydrogens is 284 g/mol. The molecule has 1 rings (SSSR count). The van der Waals surface area contributed by atoms with Crippen molar-refractivity contribution in [2.45, 2.75) is 65.1 Å². The second kappa shape index (κ2) is 6.90. The van der Waals surface area contributed by atoms with Crippen molar-refractivity contribution in [3.63, 3.8) is 0 Å². The van der Waals surface area contributed by atoms with Crippen LogP contribution in [-0.2, 0) is 16.6 Å². The summed E-state index contributed by atoms with van der Waals surface area (Å²) in [6.07, 6.45) is 0. The number of rotatable bonds is 6. The molecule has 0 saturated heterocycles. The molecule has 0 saturated carbocycles. The van der Waals surface area contributed by atoms with Gasteiger partial charge >= 0.3 is 0 Å². The van der Waals surface area contributed by atoms with E-state index < -0.39 is 10.0 Å². The van der Waals surface area contributed by atoms with Gasteiger partial charge < -0.3 is 5.32 Å². The second-order valence-electron chi connectivity index (χ2n) is 6.19. The number of sulfonamides is 1. The summed E-state index contributed by atoms with van der Waals surface area (Å²) in [5.74, 6) is 0. The third-order valence-corrected chi connectivity index (χ3v) is 5.89. The third kappa shape index (κ3) is 4.28. The quantitative estimate of drug-likeness (QED) is 0.879. The smallest absolute Gasteiger partial charge is 0.243 e. The van der Waals surface area contributed by atoms with Gasteiger partial charge in [0.05, 0.1) is 4.90 Å². The Morgan fingerprint density at radius 2 is 1.67 bits per heavy atom. The molecular formula is C16H28N2O2S. The van der Waals surface area contributed by atoms with Crippen LogP contribution in [0, 0.1) is 13.8 Å². The molecule has 0 amide bonds. The van der Waals surface area contributed by atoms with E-state index in [1.165, 1.54) is 4.31 Å². The van der Waals surface area contributed by atoms with Crippen molar-refractivity contribution in [1.82, 2.24) is 9.62 Å². The Bertz CT molecular complexity index is 593. The molecule has 0 heterocycles. The number of nitrogens with zero attached hydrogens (tertiary/aromatic N) is 1. The van der Waals surface area contributed by atoms with Crippen LogP contribution in [0.3, 0.4) is 0 Å². The summed E-state index contributed by atoms with van der Waals surface area (Å²) in [6.45, 7) is 12.5. The van der Waals surface area contributed by atoms with E-state index in [-0.39, 0.29) is 6.04 Å². The molecule has 0 unspecified atom stereocenters. The van der Waals surface area contributed by atoms with Crippen LogP contribution in [0.25, 0.3) is 0 Å². The van der Waals surface area contributed by atoms with Gasteiger partial charge in [0.2, 0.25) is 10.0 Å². The monoisotopic (exact) mass is 312 g/mol. The Morgan fingerprint density at radius 1 is 1.10 bits per heavy atom. The predicted molar refractivity (Wildman–Crippen MR) is 88.0 cm³/mol. The van der Waals surface area contributed by atoms with Crippen LogP contribution in [0.2, 0.25) is 0 Å². The van der Waals surface area contributed by atoms with Gasteiger partial charge in [0.1, 0.15) is 0 Å². The van der Waals surface area contributed by atoms with Gasteiger partial charge in [-0.3, -0.25) is 0 Å². The summed E-state index contributed by atoms with van der Waals surface area (Å²) in [6, 6.07) is 4.07. The lowest BCUT2D eigenvalue weighted by atomic mass is 10.1. The van der Waals surface area contributed by atoms with E-state index in [9.17, 15) is 8.42 Å². The Balaban J connectivity index is 3.27. The number of nitrogens with one attached hydrogen (secondary N) is 1. The highest BCUT2D eigenvalue weighted by Crippen LogP contribution is 2.24. The third-order valence-electron chi connectivity index (χ3n) is 3.72. The minimum atomic E-state index is -3.44. The van der Waals surface area contributed by atoms with Crippen LogP contribution < -0.4 is 5.32 Å². The Labute approximate surface area is 129 Å². The van der Waals surface area contributed by atoms with Crippen molar-refractivity contribution in [2.75, 3.05) is 7.05 Å². The first kappa shape index (κ1) is 18.1. The molecule has 0 aliphatic carbocycles. The fraction of sp³-hybridized carbons (Fsp3) is 0.625. The lowest BCUT2D eigenvalue weighted by Gasteiger charge is -2.23. The van der Waals surface area contributed by atoms with E-state index in [0.717, 1.165) is 16.7 Å². The van der Waals surface area contributed by atoms with Gasteiger partial charge in [-0.1, -0.05) is 19.9 Å². The van der Waals surface area contributed by atoms with Gasteiger partial charge in [-0.25, -0.2) is 8.42 Å². The molecule has 0 aliphatic heterocycles. The van der Waals surface area contributed by atoms with Crippen molar-refractivity contribution in [1.29, 1.82) is 0 Å². The van der Waals surface area contributed by atoms with Crippen molar-refractivity contribution in [3.05, 3.63) is 28.8 Å². The molecule has 1 aromatic carbocycles. The molecule has 120 valence electrons.